The van der Waals surface area contributed by atoms with Crippen LogP contribution in [0.3, 0.4) is 0 Å². The second kappa shape index (κ2) is 8.86. The van der Waals surface area contributed by atoms with Crippen molar-refractivity contribution in [3.8, 4) is 0 Å². The van der Waals surface area contributed by atoms with E-state index in [9.17, 15) is 10.2 Å². The lowest BCUT2D eigenvalue weighted by molar-refractivity contribution is -0.119. The number of aliphatic hydroxyl groups excluding tert-OH is 5. The summed E-state index contributed by atoms with van der Waals surface area (Å²) in [6, 6.07) is 0. The smallest absolute Gasteiger partial charge is 0.109 e. The van der Waals surface area contributed by atoms with Crippen molar-refractivity contribution in [2.24, 2.45) is 0 Å². The number of ether oxygens (including phenoxy) is 1. The average molecular weight is 238 g/mol. The van der Waals surface area contributed by atoms with Gasteiger partial charge in [0.15, 0.2) is 0 Å². The molecule has 98 valence electrons. The molecule has 0 aliphatic carbocycles. The quantitative estimate of drug-likeness (QED) is 0.325. The second-order valence-electron chi connectivity index (χ2n) is 3.81. The third-order valence-electron chi connectivity index (χ3n) is 2.20. The Balaban J connectivity index is 4.05. The molecule has 0 aliphatic rings. The van der Waals surface area contributed by atoms with E-state index < -0.39 is 31.0 Å². The Morgan fingerprint density at radius 2 is 1.75 bits per heavy atom. The Labute approximate surface area is 95.1 Å². The molecule has 6 nitrogen and oxygen atoms in total. The standard InChI is InChI=1S/C10H22O6/c1-7(13)10(9(15)3-2-4-11)16-6-8(14)5-12/h7-15H,2-6H2,1H3. The van der Waals surface area contributed by atoms with E-state index in [-0.39, 0.29) is 13.2 Å². The van der Waals surface area contributed by atoms with Gasteiger partial charge in [-0.05, 0) is 19.8 Å². The first-order valence-electron chi connectivity index (χ1n) is 5.40. The molecule has 0 aromatic rings. The summed E-state index contributed by atoms with van der Waals surface area (Å²) in [5, 5.41) is 45.3. The van der Waals surface area contributed by atoms with Crippen LogP contribution in [0.25, 0.3) is 0 Å². The minimum Gasteiger partial charge on any atom is -0.396 e. The zero-order valence-electron chi connectivity index (χ0n) is 9.49. The van der Waals surface area contributed by atoms with Crippen LogP contribution in [0.1, 0.15) is 19.8 Å². The Morgan fingerprint density at radius 3 is 2.19 bits per heavy atom. The van der Waals surface area contributed by atoms with Gasteiger partial charge in [-0.1, -0.05) is 0 Å². The summed E-state index contributed by atoms with van der Waals surface area (Å²) in [5.74, 6) is 0. The summed E-state index contributed by atoms with van der Waals surface area (Å²) >= 11 is 0. The van der Waals surface area contributed by atoms with E-state index in [2.05, 4.69) is 0 Å². The van der Waals surface area contributed by atoms with Gasteiger partial charge in [-0.15, -0.1) is 0 Å². The molecule has 0 aromatic carbocycles. The largest absolute Gasteiger partial charge is 0.396 e. The zero-order chi connectivity index (χ0) is 12.6. The summed E-state index contributed by atoms with van der Waals surface area (Å²) < 4.78 is 5.12. The van der Waals surface area contributed by atoms with Crippen molar-refractivity contribution in [1.29, 1.82) is 0 Å². The van der Waals surface area contributed by atoms with Crippen LogP contribution < -0.4 is 0 Å². The zero-order valence-corrected chi connectivity index (χ0v) is 9.49. The molecular formula is C10H22O6. The SMILES string of the molecule is CC(O)C(OCC(O)CO)C(O)CCCO. The Bertz CT molecular complexity index is 163. The average Bonchev–Trinajstić information content (AvgIpc) is 2.25. The fourth-order valence-electron chi connectivity index (χ4n) is 1.31. The number of hydrogen-bond acceptors (Lipinski definition) is 6. The van der Waals surface area contributed by atoms with Crippen molar-refractivity contribution in [3.63, 3.8) is 0 Å². The summed E-state index contributed by atoms with van der Waals surface area (Å²) in [6.45, 7) is 0.850. The van der Waals surface area contributed by atoms with Gasteiger partial charge in [0.05, 0.1) is 25.4 Å². The first kappa shape index (κ1) is 15.8. The highest BCUT2D eigenvalue weighted by molar-refractivity contribution is 4.74. The van der Waals surface area contributed by atoms with Crippen LogP contribution >= 0.6 is 0 Å². The van der Waals surface area contributed by atoms with E-state index in [1.165, 1.54) is 6.92 Å². The highest BCUT2D eigenvalue weighted by Gasteiger charge is 2.25. The molecular weight excluding hydrogens is 216 g/mol. The molecule has 6 heteroatoms. The van der Waals surface area contributed by atoms with Gasteiger partial charge in [0, 0.05) is 6.61 Å². The van der Waals surface area contributed by atoms with Crippen LogP contribution in [0.15, 0.2) is 0 Å². The van der Waals surface area contributed by atoms with Crippen molar-refractivity contribution in [2.45, 2.75) is 44.2 Å². The number of hydrogen-bond donors (Lipinski definition) is 5. The van der Waals surface area contributed by atoms with Crippen LogP contribution in [0.5, 0.6) is 0 Å². The van der Waals surface area contributed by atoms with Crippen LogP contribution in [0.4, 0.5) is 0 Å². The second-order valence-corrected chi connectivity index (χ2v) is 3.81. The van der Waals surface area contributed by atoms with Crippen molar-refractivity contribution < 1.29 is 30.3 Å². The number of aliphatic hydroxyl groups is 5. The van der Waals surface area contributed by atoms with E-state index in [4.69, 9.17) is 20.1 Å². The molecule has 4 unspecified atom stereocenters. The topological polar surface area (TPSA) is 110 Å². The minimum absolute atomic E-state index is 0.0388. The molecule has 0 aliphatic heterocycles. The fraction of sp³-hybridized carbons (Fsp3) is 1.00. The molecule has 0 heterocycles. The molecule has 0 saturated heterocycles. The molecule has 5 N–H and O–H groups in total. The van der Waals surface area contributed by atoms with Gasteiger partial charge >= 0.3 is 0 Å². The van der Waals surface area contributed by atoms with Gasteiger partial charge < -0.3 is 30.3 Å². The molecule has 0 saturated carbocycles. The van der Waals surface area contributed by atoms with Crippen molar-refractivity contribution in [2.75, 3.05) is 19.8 Å². The maximum absolute atomic E-state index is 9.66. The molecule has 0 aromatic heterocycles. The van der Waals surface area contributed by atoms with E-state index in [0.29, 0.717) is 12.8 Å². The Kier molecular flexibility index (Phi) is 8.73. The molecule has 0 bridgehead atoms. The molecule has 16 heavy (non-hydrogen) atoms. The van der Waals surface area contributed by atoms with Crippen molar-refractivity contribution in [1.82, 2.24) is 0 Å². The number of rotatable bonds is 9. The maximum Gasteiger partial charge on any atom is 0.109 e. The highest BCUT2D eigenvalue weighted by Crippen LogP contribution is 2.11. The van der Waals surface area contributed by atoms with Crippen LogP contribution in [-0.4, -0.2) is 69.8 Å². The summed E-state index contributed by atoms with van der Waals surface area (Å²) in [5.41, 5.74) is 0. The summed E-state index contributed by atoms with van der Waals surface area (Å²) in [4.78, 5) is 0. The lowest BCUT2D eigenvalue weighted by Crippen LogP contribution is -2.40. The van der Waals surface area contributed by atoms with E-state index in [1.807, 2.05) is 0 Å². The molecule has 4 atom stereocenters. The molecule has 0 fully saturated rings. The van der Waals surface area contributed by atoms with Gasteiger partial charge in [-0.3, -0.25) is 0 Å². The predicted octanol–water partition coefficient (Wildman–Crippen LogP) is -1.76. The van der Waals surface area contributed by atoms with Gasteiger partial charge in [-0.25, -0.2) is 0 Å². The van der Waals surface area contributed by atoms with Gasteiger partial charge in [0.2, 0.25) is 0 Å². The van der Waals surface area contributed by atoms with Crippen LogP contribution in [0.2, 0.25) is 0 Å². The molecule has 0 radical (unpaired) electrons. The first-order valence-corrected chi connectivity index (χ1v) is 5.40. The lowest BCUT2D eigenvalue weighted by atomic mass is 10.0. The molecule has 0 spiro atoms. The molecule has 0 amide bonds. The van der Waals surface area contributed by atoms with Crippen molar-refractivity contribution >= 4 is 0 Å². The summed E-state index contributed by atoms with van der Waals surface area (Å²) in [7, 11) is 0. The minimum atomic E-state index is -1.02. The highest BCUT2D eigenvalue weighted by atomic mass is 16.5. The maximum atomic E-state index is 9.66. The van der Waals surface area contributed by atoms with Gasteiger partial charge in [-0.2, -0.15) is 0 Å². The van der Waals surface area contributed by atoms with Crippen LogP contribution in [0, 0.1) is 0 Å². The molecule has 0 rings (SSSR count). The Morgan fingerprint density at radius 1 is 1.12 bits per heavy atom. The normalized spacial score (nSPS) is 19.1. The van der Waals surface area contributed by atoms with Crippen LogP contribution in [-0.2, 0) is 4.74 Å². The third-order valence-corrected chi connectivity index (χ3v) is 2.20. The van der Waals surface area contributed by atoms with E-state index in [0.717, 1.165) is 0 Å². The fourth-order valence-corrected chi connectivity index (χ4v) is 1.31. The Hall–Kier alpha value is -0.240. The predicted molar refractivity (Wildman–Crippen MR) is 56.8 cm³/mol. The van der Waals surface area contributed by atoms with Crippen molar-refractivity contribution in [3.05, 3.63) is 0 Å². The summed E-state index contributed by atoms with van der Waals surface area (Å²) in [6.07, 6.45) is -2.92. The van der Waals surface area contributed by atoms with Gasteiger partial charge in [0.1, 0.15) is 12.2 Å². The lowest BCUT2D eigenvalue weighted by Gasteiger charge is -2.26. The first-order chi connectivity index (χ1) is 7.52. The van der Waals surface area contributed by atoms with Gasteiger partial charge in [0.25, 0.3) is 0 Å². The van der Waals surface area contributed by atoms with E-state index >= 15 is 0 Å². The monoisotopic (exact) mass is 238 g/mol. The third kappa shape index (κ3) is 6.37. The van der Waals surface area contributed by atoms with E-state index in [1.54, 1.807) is 0 Å².